The van der Waals surface area contributed by atoms with Crippen molar-refractivity contribution in [2.75, 3.05) is 26.3 Å². The van der Waals surface area contributed by atoms with Gasteiger partial charge in [-0.2, -0.15) is 0 Å². The number of nitrogens with zero attached hydrogens (tertiary/aromatic N) is 2. The molecule has 0 radical (unpaired) electrons. The van der Waals surface area contributed by atoms with Gasteiger partial charge in [0.25, 0.3) is 5.91 Å². The van der Waals surface area contributed by atoms with E-state index in [9.17, 15) is 19.5 Å². The van der Waals surface area contributed by atoms with Crippen molar-refractivity contribution in [3.05, 3.63) is 54.1 Å². The summed E-state index contributed by atoms with van der Waals surface area (Å²) in [4.78, 5) is 43.0. The number of carbonyl (C=O) groups excluding carboxylic acids is 2. The van der Waals surface area contributed by atoms with Crippen LogP contribution < -0.4 is 5.32 Å². The van der Waals surface area contributed by atoms with Gasteiger partial charge in [0.1, 0.15) is 0 Å². The fraction of sp³-hybridized carbons (Fsp3) is 0.304. The number of likely N-dealkylation sites (tertiary alicyclic amines) is 1. The summed E-state index contributed by atoms with van der Waals surface area (Å²) in [7, 11) is 0. The largest absolute Gasteiger partial charge is 0.480 e. The number of rotatable bonds is 4. The zero-order valence-electron chi connectivity index (χ0n) is 17.1. The number of hydrogen-bond acceptors (Lipinski definition) is 6. The Morgan fingerprint density at radius 1 is 1.06 bits per heavy atom. The van der Waals surface area contributed by atoms with Crippen molar-refractivity contribution in [1.82, 2.24) is 15.2 Å². The van der Waals surface area contributed by atoms with E-state index in [4.69, 9.17) is 9.47 Å². The van der Waals surface area contributed by atoms with Crippen molar-refractivity contribution in [1.29, 1.82) is 0 Å². The van der Waals surface area contributed by atoms with Gasteiger partial charge < -0.3 is 24.8 Å². The first kappa shape index (κ1) is 20.3. The minimum absolute atomic E-state index is 0.181. The number of carboxylic acids is 1. The molecule has 3 heterocycles. The molecule has 2 saturated heterocycles. The topological polar surface area (TPSA) is 118 Å². The fourth-order valence-electron chi connectivity index (χ4n) is 4.42. The number of aliphatic carboxylic acids is 1. The zero-order valence-corrected chi connectivity index (χ0v) is 17.1. The Bertz CT molecular complexity index is 1240. The lowest BCUT2D eigenvalue weighted by atomic mass is 10.1. The van der Waals surface area contributed by atoms with Crippen LogP contribution in [0.15, 0.2) is 48.5 Å². The maximum atomic E-state index is 12.7. The van der Waals surface area contributed by atoms with Crippen LogP contribution in [-0.4, -0.2) is 70.9 Å². The number of fused-ring (bicyclic) bond motifs is 2. The molecule has 5 rings (SSSR count). The third-order valence-electron chi connectivity index (χ3n) is 5.94. The summed E-state index contributed by atoms with van der Waals surface area (Å²) >= 11 is 0. The highest BCUT2D eigenvalue weighted by Gasteiger charge is 2.57. The van der Waals surface area contributed by atoms with Crippen LogP contribution in [0.5, 0.6) is 0 Å². The van der Waals surface area contributed by atoms with Crippen molar-refractivity contribution in [3.8, 4) is 0 Å². The van der Waals surface area contributed by atoms with Crippen molar-refractivity contribution >= 4 is 39.6 Å². The zero-order chi connectivity index (χ0) is 22.3. The Morgan fingerprint density at radius 3 is 2.59 bits per heavy atom. The standard InChI is InChI=1S/C23H21N3O6/c27-19(26-8-7-23(20(26)22(29)30)31-9-10-32-23)13-24-21(28)15-5-6-18-16(12-15)11-14-3-1-2-4-17(14)25-18/h1-6,11-12,20H,7-10,13H2,(H,24,28)(H,29,30)/t20-/m1/s1. The van der Waals surface area contributed by atoms with Crippen LogP contribution in [0.3, 0.4) is 0 Å². The van der Waals surface area contributed by atoms with Gasteiger partial charge in [-0.15, -0.1) is 0 Å². The van der Waals surface area contributed by atoms with Crippen LogP contribution in [0, 0.1) is 0 Å². The second kappa shape index (κ2) is 7.85. The van der Waals surface area contributed by atoms with Crippen LogP contribution in [0.2, 0.25) is 0 Å². The van der Waals surface area contributed by atoms with E-state index in [-0.39, 0.29) is 32.7 Å². The second-order valence-corrected chi connectivity index (χ2v) is 7.86. The normalized spacial score (nSPS) is 19.6. The summed E-state index contributed by atoms with van der Waals surface area (Å²) in [5, 5.41) is 14.0. The molecular formula is C23H21N3O6. The van der Waals surface area contributed by atoms with E-state index in [1.807, 2.05) is 30.3 Å². The summed E-state index contributed by atoms with van der Waals surface area (Å²) in [6.45, 7) is 0.427. The van der Waals surface area contributed by atoms with Crippen LogP contribution in [0.4, 0.5) is 0 Å². The molecule has 0 aliphatic carbocycles. The molecule has 1 atom stereocenters. The summed E-state index contributed by atoms with van der Waals surface area (Å²) in [5.74, 6) is -3.43. The van der Waals surface area contributed by atoms with E-state index in [0.29, 0.717) is 5.56 Å². The lowest BCUT2D eigenvalue weighted by Gasteiger charge is -2.30. The van der Waals surface area contributed by atoms with E-state index >= 15 is 0 Å². The fourth-order valence-corrected chi connectivity index (χ4v) is 4.42. The number of carbonyl (C=O) groups is 3. The van der Waals surface area contributed by atoms with Crippen LogP contribution in [0.1, 0.15) is 16.8 Å². The minimum atomic E-state index is -1.31. The van der Waals surface area contributed by atoms with Crippen molar-refractivity contribution in [2.45, 2.75) is 18.2 Å². The van der Waals surface area contributed by atoms with Crippen LogP contribution in [-0.2, 0) is 19.1 Å². The number of para-hydroxylation sites is 1. The highest BCUT2D eigenvalue weighted by molar-refractivity contribution is 6.01. The minimum Gasteiger partial charge on any atom is -0.480 e. The van der Waals surface area contributed by atoms with E-state index in [2.05, 4.69) is 10.3 Å². The number of pyridine rings is 1. The SMILES string of the molecule is O=C(NCC(=O)N1CCC2(OCCO2)[C@H]1C(=O)O)c1ccc2nc3ccccc3cc2c1. The Morgan fingerprint density at radius 2 is 1.81 bits per heavy atom. The summed E-state index contributed by atoms with van der Waals surface area (Å²) < 4.78 is 11.1. The average Bonchev–Trinajstić information content (AvgIpc) is 3.42. The Labute approximate surface area is 182 Å². The lowest BCUT2D eigenvalue weighted by molar-refractivity contribution is -0.191. The number of hydrogen-bond donors (Lipinski definition) is 2. The van der Waals surface area contributed by atoms with Crippen molar-refractivity contribution < 1.29 is 29.0 Å². The third kappa shape index (κ3) is 3.45. The second-order valence-electron chi connectivity index (χ2n) is 7.86. The smallest absolute Gasteiger partial charge is 0.332 e. The molecule has 2 aliphatic rings. The highest BCUT2D eigenvalue weighted by Crippen LogP contribution is 2.36. The van der Waals surface area contributed by atoms with E-state index in [0.717, 1.165) is 21.8 Å². The van der Waals surface area contributed by atoms with Gasteiger partial charge in [0.05, 0.1) is 30.8 Å². The van der Waals surface area contributed by atoms with Crippen LogP contribution in [0.25, 0.3) is 21.8 Å². The van der Waals surface area contributed by atoms with Crippen molar-refractivity contribution in [3.63, 3.8) is 0 Å². The Balaban J connectivity index is 1.30. The molecule has 164 valence electrons. The highest BCUT2D eigenvalue weighted by atomic mass is 16.7. The Hall–Kier alpha value is -3.56. The molecular weight excluding hydrogens is 414 g/mol. The third-order valence-corrected chi connectivity index (χ3v) is 5.94. The average molecular weight is 435 g/mol. The molecule has 0 bridgehead atoms. The molecule has 9 nitrogen and oxygen atoms in total. The lowest BCUT2D eigenvalue weighted by Crippen LogP contribution is -2.54. The van der Waals surface area contributed by atoms with E-state index < -0.39 is 29.6 Å². The molecule has 3 aromatic rings. The van der Waals surface area contributed by atoms with Crippen LogP contribution >= 0.6 is 0 Å². The van der Waals surface area contributed by atoms with Gasteiger partial charge in [-0.25, -0.2) is 9.78 Å². The first-order valence-electron chi connectivity index (χ1n) is 10.3. The number of amides is 2. The number of nitrogens with one attached hydrogen (secondary N) is 1. The van der Waals surface area contributed by atoms with Gasteiger partial charge in [0.2, 0.25) is 11.7 Å². The molecule has 2 amide bonds. The molecule has 9 heteroatoms. The maximum absolute atomic E-state index is 12.7. The molecule has 1 spiro atoms. The number of carboxylic acid groups (broad SMARTS) is 1. The number of aromatic nitrogens is 1. The molecule has 0 unspecified atom stereocenters. The molecule has 2 fully saturated rings. The molecule has 0 saturated carbocycles. The maximum Gasteiger partial charge on any atom is 0.332 e. The van der Waals surface area contributed by atoms with Gasteiger partial charge in [-0.3, -0.25) is 9.59 Å². The monoisotopic (exact) mass is 435 g/mol. The van der Waals surface area contributed by atoms with Crippen molar-refractivity contribution in [2.24, 2.45) is 0 Å². The molecule has 2 aliphatic heterocycles. The van der Waals surface area contributed by atoms with E-state index in [1.54, 1.807) is 18.2 Å². The van der Waals surface area contributed by atoms with Gasteiger partial charge in [0, 0.05) is 29.3 Å². The first-order valence-corrected chi connectivity index (χ1v) is 10.3. The molecule has 32 heavy (non-hydrogen) atoms. The summed E-state index contributed by atoms with van der Waals surface area (Å²) in [5.41, 5.74) is 2.02. The molecule has 2 N–H and O–H groups in total. The first-order chi connectivity index (χ1) is 15.5. The number of benzene rings is 2. The van der Waals surface area contributed by atoms with Gasteiger partial charge in [-0.1, -0.05) is 18.2 Å². The van der Waals surface area contributed by atoms with Gasteiger partial charge >= 0.3 is 5.97 Å². The van der Waals surface area contributed by atoms with Gasteiger partial charge in [-0.05, 0) is 30.3 Å². The quantitative estimate of drug-likeness (QED) is 0.597. The van der Waals surface area contributed by atoms with Gasteiger partial charge in [0.15, 0.2) is 6.04 Å². The molecule has 2 aromatic carbocycles. The Kier molecular flexibility index (Phi) is 4.99. The van der Waals surface area contributed by atoms with E-state index in [1.165, 1.54) is 4.90 Å². The molecule has 1 aromatic heterocycles. The predicted molar refractivity (Wildman–Crippen MR) is 114 cm³/mol. The summed E-state index contributed by atoms with van der Waals surface area (Å²) in [6.07, 6.45) is 0.273. The predicted octanol–water partition coefficient (Wildman–Crippen LogP) is 1.55. The number of ether oxygens (including phenoxy) is 2. The summed E-state index contributed by atoms with van der Waals surface area (Å²) in [6, 6.07) is 13.6.